The molecular weight excluding hydrogens is 485 g/mol. The topological polar surface area (TPSA) is 148 Å². The van der Waals surface area contributed by atoms with Gasteiger partial charge in [-0.3, -0.25) is 9.59 Å². The molecule has 3 rings (SSSR count). The van der Waals surface area contributed by atoms with Gasteiger partial charge in [0.25, 0.3) is 11.8 Å². The second kappa shape index (κ2) is 10.9. The maximum atomic E-state index is 14.0. The van der Waals surface area contributed by atoms with E-state index < -0.39 is 67.1 Å². The molecule has 196 valence electrons. The number of benzene rings is 2. The maximum absolute atomic E-state index is 14.0. The predicted octanol–water partition coefficient (Wildman–Crippen LogP) is 0.476. The summed E-state index contributed by atoms with van der Waals surface area (Å²) < 4.78 is 47.5. The third-order valence-corrected chi connectivity index (χ3v) is 6.07. The summed E-state index contributed by atoms with van der Waals surface area (Å²) in [5.41, 5.74) is -0.885. The van der Waals surface area contributed by atoms with Crippen molar-refractivity contribution in [3.05, 3.63) is 58.7 Å². The van der Waals surface area contributed by atoms with E-state index in [1.807, 2.05) is 0 Å². The van der Waals surface area contributed by atoms with Crippen LogP contribution in [0.5, 0.6) is 0 Å². The van der Waals surface area contributed by atoms with E-state index in [2.05, 4.69) is 10.6 Å². The second-order valence-corrected chi connectivity index (χ2v) is 8.40. The van der Waals surface area contributed by atoms with Crippen LogP contribution in [0.1, 0.15) is 31.8 Å². The summed E-state index contributed by atoms with van der Waals surface area (Å²) in [6.45, 7) is -0.706. The van der Waals surface area contributed by atoms with Gasteiger partial charge in [0.05, 0.1) is 18.3 Å². The second-order valence-electron chi connectivity index (χ2n) is 8.40. The molecule has 0 radical (unpaired) electrons. The Bertz CT molecular complexity index is 1090. The SMILES string of the molecule is CNC(=O)c1cc(C(=O)NC)cc(-c2ccc(C[C@H]3O[C@H](CO)[C@@H](O)[C@H](O)[C@@H]3O)c(C(F)(F)F)c2)c1. The summed E-state index contributed by atoms with van der Waals surface area (Å²) in [5.74, 6) is -1.06. The molecule has 9 nitrogen and oxygen atoms in total. The fourth-order valence-corrected chi connectivity index (χ4v) is 4.11. The summed E-state index contributed by atoms with van der Waals surface area (Å²) >= 11 is 0. The molecule has 12 heteroatoms. The Labute approximate surface area is 204 Å². The molecule has 1 heterocycles. The number of hydrogen-bond donors (Lipinski definition) is 6. The Morgan fingerprint density at radius 2 is 1.42 bits per heavy atom. The van der Waals surface area contributed by atoms with Crippen molar-refractivity contribution in [2.75, 3.05) is 20.7 Å². The molecule has 0 aliphatic carbocycles. The molecule has 2 aromatic rings. The van der Waals surface area contributed by atoms with Crippen LogP contribution in [0, 0.1) is 0 Å². The predicted molar refractivity (Wildman–Crippen MR) is 121 cm³/mol. The largest absolute Gasteiger partial charge is 0.416 e. The van der Waals surface area contributed by atoms with Gasteiger partial charge in [-0.1, -0.05) is 12.1 Å². The Kier molecular flexibility index (Phi) is 8.37. The van der Waals surface area contributed by atoms with Gasteiger partial charge in [-0.05, 0) is 41.0 Å². The molecule has 0 spiro atoms. The molecule has 2 amide bonds. The van der Waals surface area contributed by atoms with Crippen LogP contribution < -0.4 is 10.6 Å². The monoisotopic (exact) mass is 512 g/mol. The zero-order valence-corrected chi connectivity index (χ0v) is 19.4. The summed E-state index contributed by atoms with van der Waals surface area (Å²) in [6.07, 6.45) is -12.9. The lowest BCUT2D eigenvalue weighted by atomic mass is 9.89. The summed E-state index contributed by atoms with van der Waals surface area (Å²) in [6, 6.07) is 7.43. The first-order valence-corrected chi connectivity index (χ1v) is 11.0. The molecular formula is C24H27F3N2O7. The van der Waals surface area contributed by atoms with E-state index in [4.69, 9.17) is 4.74 Å². The van der Waals surface area contributed by atoms with Gasteiger partial charge in [-0.25, -0.2) is 0 Å². The zero-order valence-electron chi connectivity index (χ0n) is 19.4. The van der Waals surface area contributed by atoms with Crippen LogP contribution in [0.2, 0.25) is 0 Å². The van der Waals surface area contributed by atoms with Crippen molar-refractivity contribution in [1.29, 1.82) is 0 Å². The molecule has 1 fully saturated rings. The minimum absolute atomic E-state index is 0.0764. The molecule has 6 N–H and O–H groups in total. The quantitative estimate of drug-likeness (QED) is 0.330. The maximum Gasteiger partial charge on any atom is 0.416 e. The van der Waals surface area contributed by atoms with Gasteiger partial charge in [-0.15, -0.1) is 0 Å². The average Bonchev–Trinajstić information content (AvgIpc) is 2.87. The number of amides is 2. The Morgan fingerprint density at radius 3 is 1.92 bits per heavy atom. The van der Waals surface area contributed by atoms with Crippen LogP contribution >= 0.6 is 0 Å². The van der Waals surface area contributed by atoms with Crippen LogP contribution in [0.25, 0.3) is 11.1 Å². The van der Waals surface area contributed by atoms with Gasteiger partial charge < -0.3 is 35.8 Å². The van der Waals surface area contributed by atoms with Crippen LogP contribution in [0.3, 0.4) is 0 Å². The average molecular weight is 512 g/mol. The highest BCUT2D eigenvalue weighted by Crippen LogP contribution is 2.37. The molecule has 0 saturated carbocycles. The first-order valence-electron chi connectivity index (χ1n) is 11.0. The third-order valence-electron chi connectivity index (χ3n) is 6.07. The number of aliphatic hydroxyl groups excluding tert-OH is 4. The molecule has 0 aromatic heterocycles. The standard InChI is InChI=1S/C24H27F3N2O7/c1-28-22(34)14-5-13(6-15(7-14)23(35)29-2)11-3-4-12(16(8-11)24(25,26)27)9-17-19(31)21(33)20(32)18(10-30)36-17/h3-8,17-21,30-33H,9-10H2,1-2H3,(H,28,34)(H,29,35)/t17-,18-,19-,20-,21-/m1/s1. The van der Waals surface area contributed by atoms with Crippen LogP contribution in [0.15, 0.2) is 36.4 Å². The van der Waals surface area contributed by atoms with Crippen LogP contribution in [-0.4, -0.2) is 83.5 Å². The lowest BCUT2D eigenvalue weighted by Gasteiger charge is -2.40. The van der Waals surface area contributed by atoms with Gasteiger partial charge in [0.15, 0.2) is 0 Å². The van der Waals surface area contributed by atoms with E-state index in [-0.39, 0.29) is 27.8 Å². The van der Waals surface area contributed by atoms with Crippen molar-refractivity contribution in [2.45, 2.75) is 43.1 Å². The molecule has 1 aliphatic heterocycles. The smallest absolute Gasteiger partial charge is 0.394 e. The van der Waals surface area contributed by atoms with E-state index in [0.29, 0.717) is 0 Å². The van der Waals surface area contributed by atoms with Crippen molar-refractivity contribution in [3.63, 3.8) is 0 Å². The van der Waals surface area contributed by atoms with Crippen molar-refractivity contribution in [3.8, 4) is 11.1 Å². The number of alkyl halides is 3. The van der Waals surface area contributed by atoms with Crippen LogP contribution in [-0.2, 0) is 17.3 Å². The number of aliphatic hydroxyl groups is 4. The summed E-state index contributed by atoms with van der Waals surface area (Å²) in [5, 5.41) is 44.3. The molecule has 0 bridgehead atoms. The lowest BCUT2D eigenvalue weighted by Crippen LogP contribution is -2.59. The normalized spacial score (nSPS) is 24.3. The first-order chi connectivity index (χ1) is 16.9. The van der Waals surface area contributed by atoms with E-state index in [0.717, 1.165) is 6.07 Å². The minimum atomic E-state index is -4.82. The highest BCUT2D eigenvalue weighted by atomic mass is 19.4. The van der Waals surface area contributed by atoms with Gasteiger partial charge >= 0.3 is 6.18 Å². The number of carbonyl (C=O) groups excluding carboxylic acids is 2. The van der Waals surface area contributed by atoms with Gasteiger partial charge in [0.1, 0.15) is 24.4 Å². The molecule has 1 saturated heterocycles. The number of nitrogens with one attached hydrogen (secondary N) is 2. The number of carbonyl (C=O) groups is 2. The Balaban J connectivity index is 2.05. The first kappa shape index (κ1) is 27.6. The van der Waals surface area contributed by atoms with Crippen molar-refractivity contribution in [2.24, 2.45) is 0 Å². The van der Waals surface area contributed by atoms with Crippen molar-refractivity contribution < 1.29 is 47.9 Å². The molecule has 1 aliphatic rings. The number of halogens is 3. The Morgan fingerprint density at radius 1 is 0.861 bits per heavy atom. The highest BCUT2D eigenvalue weighted by molar-refractivity contribution is 6.01. The highest BCUT2D eigenvalue weighted by Gasteiger charge is 2.44. The zero-order chi connectivity index (χ0) is 26.8. The van der Waals surface area contributed by atoms with Gasteiger partial charge in [0, 0.05) is 31.6 Å². The van der Waals surface area contributed by atoms with Crippen molar-refractivity contribution in [1.82, 2.24) is 10.6 Å². The third kappa shape index (κ3) is 5.68. The van der Waals surface area contributed by atoms with E-state index in [1.165, 1.54) is 44.4 Å². The summed E-state index contributed by atoms with van der Waals surface area (Å²) in [4.78, 5) is 24.4. The molecule has 0 unspecified atom stereocenters. The molecule has 36 heavy (non-hydrogen) atoms. The number of ether oxygens (including phenoxy) is 1. The fourth-order valence-electron chi connectivity index (χ4n) is 4.11. The van der Waals surface area contributed by atoms with Crippen molar-refractivity contribution >= 4 is 11.8 Å². The lowest BCUT2D eigenvalue weighted by molar-refractivity contribution is -0.228. The molecule has 5 atom stereocenters. The van der Waals surface area contributed by atoms with E-state index >= 15 is 0 Å². The van der Waals surface area contributed by atoms with Crippen LogP contribution in [0.4, 0.5) is 13.2 Å². The van der Waals surface area contributed by atoms with Gasteiger partial charge in [0.2, 0.25) is 0 Å². The Hall–Kier alpha value is -3.03. The minimum Gasteiger partial charge on any atom is -0.394 e. The summed E-state index contributed by atoms with van der Waals surface area (Å²) in [7, 11) is 2.76. The number of rotatable bonds is 6. The van der Waals surface area contributed by atoms with E-state index in [1.54, 1.807) is 0 Å². The van der Waals surface area contributed by atoms with Gasteiger partial charge in [-0.2, -0.15) is 13.2 Å². The molecule has 2 aromatic carbocycles. The fraction of sp³-hybridized carbons (Fsp3) is 0.417. The van der Waals surface area contributed by atoms with E-state index in [9.17, 15) is 43.2 Å². The number of hydrogen-bond acceptors (Lipinski definition) is 7.